The molecule has 0 aromatic rings. The second kappa shape index (κ2) is 7.31. The van der Waals surface area contributed by atoms with E-state index in [4.69, 9.17) is 40.2 Å². The summed E-state index contributed by atoms with van der Waals surface area (Å²) in [5, 5.41) is 0.892. The summed E-state index contributed by atoms with van der Waals surface area (Å²) in [6.07, 6.45) is 0. The largest absolute Gasteiger partial charge is 0.465 e. The maximum absolute atomic E-state index is 5.70. The maximum Gasteiger partial charge on any atom is 0.260 e. The highest BCUT2D eigenvalue weighted by Gasteiger charge is 2.17. The van der Waals surface area contributed by atoms with Gasteiger partial charge in [0.2, 0.25) is 0 Å². The van der Waals surface area contributed by atoms with E-state index >= 15 is 0 Å². The Morgan fingerprint density at radius 1 is 1.33 bits per heavy atom. The number of thiocarbonyl (C=S) groups is 1. The Bertz CT molecular complexity index is 234. The van der Waals surface area contributed by atoms with Crippen LogP contribution in [0.5, 0.6) is 0 Å². The number of ether oxygens (including phenoxy) is 1. The number of nitrogens with zero attached hydrogens (tertiary/aromatic N) is 1. The number of hydrogen-bond donors (Lipinski definition) is 0. The van der Waals surface area contributed by atoms with E-state index in [9.17, 15) is 0 Å². The molecule has 0 unspecified atom stereocenters. The molecule has 0 saturated carbocycles. The number of rotatable bonds is 4. The summed E-state index contributed by atoms with van der Waals surface area (Å²) in [6, 6.07) is 0.604. The molecule has 0 heterocycles. The van der Waals surface area contributed by atoms with Crippen molar-refractivity contribution in [3.63, 3.8) is 0 Å². The van der Waals surface area contributed by atoms with Crippen molar-refractivity contribution in [2.24, 2.45) is 0 Å². The van der Waals surface area contributed by atoms with Gasteiger partial charge in [-0.1, -0.05) is 23.2 Å². The molecule has 0 aromatic heterocycles. The molecule has 0 aromatic carbocycles. The first-order valence-electron chi connectivity index (χ1n) is 4.80. The van der Waals surface area contributed by atoms with Gasteiger partial charge < -0.3 is 9.64 Å². The Morgan fingerprint density at radius 3 is 2.13 bits per heavy atom. The summed E-state index contributed by atoms with van der Waals surface area (Å²) in [4.78, 5) is 2.01. The summed E-state index contributed by atoms with van der Waals surface area (Å²) in [5.74, 6) is 0. The van der Waals surface area contributed by atoms with E-state index in [-0.39, 0.29) is 6.61 Å². The molecule has 0 aliphatic rings. The Kier molecular flexibility index (Phi) is 7.32. The minimum Gasteiger partial charge on any atom is -0.465 e. The lowest BCUT2D eigenvalue weighted by molar-refractivity contribution is 0.209. The van der Waals surface area contributed by atoms with E-state index < -0.39 is 0 Å². The normalized spacial score (nSPS) is 12.1. The molecule has 0 N–H and O–H groups in total. The smallest absolute Gasteiger partial charge is 0.260 e. The molecule has 88 valence electrons. The summed E-state index contributed by atoms with van der Waals surface area (Å²) < 4.78 is 5.35. The third kappa shape index (κ3) is 5.59. The Labute approximate surface area is 107 Å². The van der Waals surface area contributed by atoms with Gasteiger partial charge in [0, 0.05) is 17.6 Å². The summed E-state index contributed by atoms with van der Waals surface area (Å²) in [5.41, 5.74) is 1.28. The van der Waals surface area contributed by atoms with Gasteiger partial charge in [-0.15, -0.1) is 0 Å². The highest BCUT2D eigenvalue weighted by molar-refractivity contribution is 7.80. The third-order valence-electron chi connectivity index (χ3n) is 1.78. The molecule has 0 fully saturated rings. The van der Waals surface area contributed by atoms with E-state index in [2.05, 4.69) is 27.7 Å². The second-order valence-corrected chi connectivity index (χ2v) is 4.76. The van der Waals surface area contributed by atoms with Crippen LogP contribution in [0.4, 0.5) is 0 Å². The van der Waals surface area contributed by atoms with Gasteiger partial charge in [0.25, 0.3) is 5.17 Å². The van der Waals surface area contributed by atoms with Gasteiger partial charge in [-0.3, -0.25) is 0 Å². The van der Waals surface area contributed by atoms with Gasteiger partial charge in [-0.05, 0) is 39.9 Å². The Hall–Kier alpha value is 0.01000. The predicted molar refractivity (Wildman–Crippen MR) is 70.5 cm³/mol. The monoisotopic (exact) mass is 269 g/mol. The summed E-state index contributed by atoms with van der Waals surface area (Å²) in [7, 11) is 0. The van der Waals surface area contributed by atoms with Crippen molar-refractivity contribution < 1.29 is 4.74 Å². The van der Waals surface area contributed by atoms with Crippen LogP contribution in [0.2, 0.25) is 0 Å². The average Bonchev–Trinajstić information content (AvgIpc) is 2.12. The van der Waals surface area contributed by atoms with Crippen LogP contribution in [-0.4, -0.2) is 28.8 Å². The fourth-order valence-corrected chi connectivity index (χ4v) is 1.85. The minimum atomic E-state index is 0.222. The topological polar surface area (TPSA) is 12.5 Å². The predicted octanol–water partition coefficient (Wildman–Crippen LogP) is 3.73. The van der Waals surface area contributed by atoms with Crippen molar-refractivity contribution in [1.82, 2.24) is 4.90 Å². The highest BCUT2D eigenvalue weighted by atomic mass is 35.5. The van der Waals surface area contributed by atoms with Crippen molar-refractivity contribution >= 4 is 40.6 Å². The zero-order valence-electron chi connectivity index (χ0n) is 9.46. The van der Waals surface area contributed by atoms with Gasteiger partial charge >= 0.3 is 0 Å². The zero-order chi connectivity index (χ0) is 12.0. The van der Waals surface area contributed by atoms with Gasteiger partial charge in [0.15, 0.2) is 0 Å². The summed E-state index contributed by atoms with van der Waals surface area (Å²) in [6.45, 7) is 8.48. The highest BCUT2D eigenvalue weighted by Crippen LogP contribution is 2.10. The fourth-order valence-electron chi connectivity index (χ4n) is 1.25. The fraction of sp³-hybridized carbons (Fsp3) is 0.700. The van der Waals surface area contributed by atoms with Crippen molar-refractivity contribution in [1.29, 1.82) is 0 Å². The van der Waals surface area contributed by atoms with Crippen molar-refractivity contribution in [3.8, 4) is 0 Å². The molecule has 0 aliphatic carbocycles. The van der Waals surface area contributed by atoms with Crippen LogP contribution in [0, 0.1) is 0 Å². The van der Waals surface area contributed by atoms with Crippen LogP contribution in [0.1, 0.15) is 27.7 Å². The molecular weight excluding hydrogens is 253 g/mol. The van der Waals surface area contributed by atoms with Crippen molar-refractivity contribution in [2.45, 2.75) is 39.8 Å². The molecule has 0 radical (unpaired) electrons. The van der Waals surface area contributed by atoms with Crippen LogP contribution < -0.4 is 0 Å². The molecule has 0 aliphatic heterocycles. The van der Waals surface area contributed by atoms with Crippen LogP contribution in [-0.2, 0) is 4.74 Å². The molecule has 2 nitrogen and oxygen atoms in total. The van der Waals surface area contributed by atoms with Gasteiger partial charge in [-0.2, -0.15) is 0 Å². The molecule has 0 amide bonds. The lowest BCUT2D eigenvalue weighted by Crippen LogP contribution is -2.42. The standard InChI is InChI=1S/C10H17Cl2NOS/c1-7(2)13(8(3)4)10(15)14-6-9(12)5-11/h5,7-8H,6H2,1-4H3. The van der Waals surface area contributed by atoms with E-state index in [1.54, 1.807) is 0 Å². The maximum atomic E-state index is 5.70. The van der Waals surface area contributed by atoms with E-state index in [0.717, 1.165) is 0 Å². The number of halogens is 2. The molecule has 0 saturated heterocycles. The zero-order valence-corrected chi connectivity index (χ0v) is 11.8. The first kappa shape index (κ1) is 15.0. The van der Waals surface area contributed by atoms with Crippen molar-refractivity contribution in [2.75, 3.05) is 6.61 Å². The van der Waals surface area contributed by atoms with Crippen LogP contribution >= 0.6 is 35.4 Å². The SMILES string of the molecule is CC(C)N(C(=S)OCC(Cl)=CCl)C(C)C. The molecule has 15 heavy (non-hydrogen) atoms. The Balaban J connectivity index is 4.28. The first-order chi connectivity index (χ1) is 6.90. The van der Waals surface area contributed by atoms with E-state index in [1.165, 1.54) is 5.54 Å². The minimum absolute atomic E-state index is 0.222. The lowest BCUT2D eigenvalue weighted by Gasteiger charge is -2.32. The molecule has 0 spiro atoms. The number of hydrogen-bond acceptors (Lipinski definition) is 2. The molecule has 0 atom stereocenters. The second-order valence-electron chi connectivity index (χ2n) is 3.71. The first-order valence-corrected chi connectivity index (χ1v) is 6.02. The van der Waals surface area contributed by atoms with E-state index in [0.29, 0.717) is 22.3 Å². The quantitative estimate of drug-likeness (QED) is 0.722. The molecule has 0 bridgehead atoms. The van der Waals surface area contributed by atoms with Gasteiger partial charge in [0.05, 0.1) is 5.03 Å². The summed E-state index contributed by atoms with van der Waals surface area (Å²) >= 11 is 16.3. The van der Waals surface area contributed by atoms with Crippen LogP contribution in [0.3, 0.4) is 0 Å². The van der Waals surface area contributed by atoms with Gasteiger partial charge in [0.1, 0.15) is 6.61 Å². The average molecular weight is 270 g/mol. The van der Waals surface area contributed by atoms with Crippen molar-refractivity contribution in [3.05, 3.63) is 10.6 Å². The van der Waals surface area contributed by atoms with Crippen LogP contribution in [0.25, 0.3) is 0 Å². The van der Waals surface area contributed by atoms with Crippen LogP contribution in [0.15, 0.2) is 10.6 Å². The molecule has 5 heteroatoms. The van der Waals surface area contributed by atoms with E-state index in [1.807, 2.05) is 4.90 Å². The third-order valence-corrected chi connectivity index (χ3v) is 2.70. The Morgan fingerprint density at radius 2 is 1.80 bits per heavy atom. The molecular formula is C10H17Cl2NOS. The lowest BCUT2D eigenvalue weighted by atomic mass is 10.2. The van der Waals surface area contributed by atoms with Gasteiger partial charge in [-0.25, -0.2) is 0 Å². The molecule has 0 rings (SSSR count).